The third-order valence-corrected chi connectivity index (χ3v) is 3.69. The van der Waals surface area contributed by atoms with Crippen LogP contribution in [0, 0.1) is 0 Å². The van der Waals surface area contributed by atoms with Crippen molar-refractivity contribution in [2.24, 2.45) is 5.14 Å². The summed E-state index contributed by atoms with van der Waals surface area (Å²) in [5, 5.41) is 10.4. The SMILES string of the molecule is CCCCCCNC(=O)Nc1ccc(S(N)(=O)=O)cc1. The van der Waals surface area contributed by atoms with Crippen LogP contribution in [0.15, 0.2) is 29.2 Å². The lowest BCUT2D eigenvalue weighted by atomic mass is 10.2. The van der Waals surface area contributed by atoms with Gasteiger partial charge < -0.3 is 10.6 Å². The van der Waals surface area contributed by atoms with Crippen LogP contribution in [0.5, 0.6) is 0 Å². The van der Waals surface area contributed by atoms with Gasteiger partial charge in [0, 0.05) is 12.2 Å². The Kier molecular flexibility index (Phi) is 6.47. The molecule has 0 aliphatic carbocycles. The van der Waals surface area contributed by atoms with E-state index in [1.54, 1.807) is 0 Å². The Labute approximate surface area is 119 Å². The number of unbranched alkanes of at least 4 members (excludes halogenated alkanes) is 3. The number of sulfonamides is 1. The van der Waals surface area contributed by atoms with Gasteiger partial charge in [-0.2, -0.15) is 0 Å². The Bertz CT molecular complexity index is 526. The highest BCUT2D eigenvalue weighted by molar-refractivity contribution is 7.89. The van der Waals surface area contributed by atoms with Crippen molar-refractivity contribution in [3.05, 3.63) is 24.3 Å². The van der Waals surface area contributed by atoms with Crippen molar-refractivity contribution < 1.29 is 13.2 Å². The van der Waals surface area contributed by atoms with Gasteiger partial charge in [0.1, 0.15) is 0 Å². The van der Waals surface area contributed by atoms with Crippen LogP contribution >= 0.6 is 0 Å². The van der Waals surface area contributed by atoms with Gasteiger partial charge in [-0.25, -0.2) is 18.4 Å². The zero-order valence-electron chi connectivity index (χ0n) is 11.6. The molecule has 1 aromatic rings. The van der Waals surface area contributed by atoms with Gasteiger partial charge in [-0.15, -0.1) is 0 Å². The van der Waals surface area contributed by atoms with E-state index in [-0.39, 0.29) is 10.9 Å². The van der Waals surface area contributed by atoms with E-state index < -0.39 is 10.0 Å². The van der Waals surface area contributed by atoms with Gasteiger partial charge in [0.2, 0.25) is 10.0 Å². The van der Waals surface area contributed by atoms with E-state index in [9.17, 15) is 13.2 Å². The van der Waals surface area contributed by atoms with Crippen molar-refractivity contribution in [3.63, 3.8) is 0 Å². The number of nitrogens with two attached hydrogens (primary N) is 1. The standard InChI is InChI=1S/C13H21N3O3S/c1-2-3-4-5-10-15-13(17)16-11-6-8-12(9-7-11)20(14,18)19/h6-9H,2-5,10H2,1H3,(H2,14,18,19)(H2,15,16,17). The predicted octanol–water partition coefficient (Wildman–Crippen LogP) is 2.04. The maximum absolute atomic E-state index is 11.6. The lowest BCUT2D eigenvalue weighted by Crippen LogP contribution is -2.29. The van der Waals surface area contributed by atoms with E-state index in [1.807, 2.05) is 0 Å². The second kappa shape index (κ2) is 7.86. The Balaban J connectivity index is 2.39. The first-order valence-corrected chi connectivity index (χ1v) is 8.16. The van der Waals surface area contributed by atoms with E-state index in [0.717, 1.165) is 19.3 Å². The van der Waals surface area contributed by atoms with Gasteiger partial charge in [-0.3, -0.25) is 0 Å². The molecule has 0 aromatic heterocycles. The van der Waals surface area contributed by atoms with Crippen molar-refractivity contribution in [2.75, 3.05) is 11.9 Å². The quantitative estimate of drug-likeness (QED) is 0.671. The molecule has 0 radical (unpaired) electrons. The van der Waals surface area contributed by atoms with Gasteiger partial charge in [-0.05, 0) is 30.7 Å². The summed E-state index contributed by atoms with van der Waals surface area (Å²) in [5.41, 5.74) is 0.517. The molecule has 0 aliphatic rings. The van der Waals surface area contributed by atoms with Gasteiger partial charge in [0.05, 0.1) is 4.90 Å². The summed E-state index contributed by atoms with van der Waals surface area (Å²) in [5.74, 6) is 0. The number of urea groups is 1. The molecule has 0 atom stereocenters. The zero-order chi connectivity index (χ0) is 15.0. The summed E-state index contributed by atoms with van der Waals surface area (Å²) in [6.07, 6.45) is 4.37. The number of amides is 2. The fourth-order valence-electron chi connectivity index (χ4n) is 1.66. The number of benzene rings is 1. The minimum absolute atomic E-state index is 0.0167. The zero-order valence-corrected chi connectivity index (χ0v) is 12.4. The number of carbonyl (C=O) groups is 1. The molecule has 0 spiro atoms. The van der Waals surface area contributed by atoms with Crippen molar-refractivity contribution in [1.29, 1.82) is 0 Å². The van der Waals surface area contributed by atoms with Crippen LogP contribution in [0.25, 0.3) is 0 Å². The Hall–Kier alpha value is -1.60. The topological polar surface area (TPSA) is 101 Å². The monoisotopic (exact) mass is 299 g/mol. The van der Waals surface area contributed by atoms with Crippen molar-refractivity contribution in [3.8, 4) is 0 Å². The molecule has 0 fully saturated rings. The molecule has 7 heteroatoms. The summed E-state index contributed by atoms with van der Waals surface area (Å²) in [6.45, 7) is 2.76. The van der Waals surface area contributed by atoms with Gasteiger partial charge in [0.15, 0.2) is 0 Å². The Morgan fingerprint density at radius 1 is 1.15 bits per heavy atom. The molecule has 6 nitrogen and oxygen atoms in total. The number of hydrogen-bond donors (Lipinski definition) is 3. The smallest absolute Gasteiger partial charge is 0.319 e. The van der Waals surface area contributed by atoms with Crippen LogP contribution in [-0.2, 0) is 10.0 Å². The van der Waals surface area contributed by atoms with Crippen molar-refractivity contribution >= 4 is 21.7 Å². The molecule has 1 rings (SSSR count). The van der Waals surface area contributed by atoms with Crippen molar-refractivity contribution in [1.82, 2.24) is 5.32 Å². The third kappa shape index (κ3) is 6.03. The van der Waals surface area contributed by atoms with E-state index in [2.05, 4.69) is 17.6 Å². The summed E-state index contributed by atoms with van der Waals surface area (Å²) in [6, 6.07) is 5.40. The van der Waals surface area contributed by atoms with E-state index >= 15 is 0 Å². The minimum atomic E-state index is -3.70. The molecule has 0 saturated heterocycles. The molecular formula is C13H21N3O3S. The van der Waals surface area contributed by atoms with Gasteiger partial charge in [-0.1, -0.05) is 26.2 Å². The molecule has 0 heterocycles. The highest BCUT2D eigenvalue weighted by Crippen LogP contribution is 2.12. The average molecular weight is 299 g/mol. The number of carbonyl (C=O) groups excluding carboxylic acids is 1. The molecule has 2 amide bonds. The predicted molar refractivity (Wildman–Crippen MR) is 79.0 cm³/mol. The lowest BCUT2D eigenvalue weighted by molar-refractivity contribution is 0.252. The Morgan fingerprint density at radius 3 is 2.35 bits per heavy atom. The Morgan fingerprint density at radius 2 is 1.80 bits per heavy atom. The summed E-state index contributed by atoms with van der Waals surface area (Å²) in [4.78, 5) is 11.6. The third-order valence-electron chi connectivity index (χ3n) is 2.76. The van der Waals surface area contributed by atoms with Crippen LogP contribution in [0.1, 0.15) is 32.6 Å². The normalized spacial score (nSPS) is 11.1. The van der Waals surface area contributed by atoms with Gasteiger partial charge in [0.25, 0.3) is 0 Å². The van der Waals surface area contributed by atoms with Crippen LogP contribution in [-0.4, -0.2) is 21.0 Å². The number of nitrogens with one attached hydrogen (secondary N) is 2. The molecule has 0 bridgehead atoms. The molecule has 20 heavy (non-hydrogen) atoms. The van der Waals surface area contributed by atoms with E-state index in [0.29, 0.717) is 12.2 Å². The number of anilines is 1. The fraction of sp³-hybridized carbons (Fsp3) is 0.462. The molecule has 0 unspecified atom stereocenters. The number of hydrogen-bond acceptors (Lipinski definition) is 3. The molecule has 4 N–H and O–H groups in total. The molecule has 1 aromatic carbocycles. The highest BCUT2D eigenvalue weighted by Gasteiger charge is 2.07. The van der Waals surface area contributed by atoms with E-state index in [4.69, 9.17) is 5.14 Å². The van der Waals surface area contributed by atoms with E-state index in [1.165, 1.54) is 30.7 Å². The van der Waals surface area contributed by atoms with Crippen LogP contribution < -0.4 is 15.8 Å². The second-order valence-corrected chi connectivity index (χ2v) is 6.07. The summed E-state index contributed by atoms with van der Waals surface area (Å²) in [7, 11) is -3.70. The van der Waals surface area contributed by atoms with Crippen LogP contribution in [0.4, 0.5) is 10.5 Å². The largest absolute Gasteiger partial charge is 0.338 e. The molecule has 0 aliphatic heterocycles. The highest BCUT2D eigenvalue weighted by atomic mass is 32.2. The maximum atomic E-state index is 11.6. The van der Waals surface area contributed by atoms with Crippen LogP contribution in [0.2, 0.25) is 0 Å². The number of primary sulfonamides is 1. The molecule has 0 saturated carbocycles. The first-order chi connectivity index (χ1) is 9.43. The summed E-state index contributed by atoms with van der Waals surface area (Å²) >= 11 is 0. The second-order valence-electron chi connectivity index (χ2n) is 4.51. The summed E-state index contributed by atoms with van der Waals surface area (Å²) < 4.78 is 22.1. The van der Waals surface area contributed by atoms with Gasteiger partial charge >= 0.3 is 6.03 Å². The average Bonchev–Trinajstić information content (AvgIpc) is 2.38. The minimum Gasteiger partial charge on any atom is -0.338 e. The lowest BCUT2D eigenvalue weighted by Gasteiger charge is -2.08. The van der Waals surface area contributed by atoms with Crippen LogP contribution in [0.3, 0.4) is 0 Å². The fourth-order valence-corrected chi connectivity index (χ4v) is 2.17. The first-order valence-electron chi connectivity index (χ1n) is 6.61. The number of rotatable bonds is 7. The molecular weight excluding hydrogens is 278 g/mol. The van der Waals surface area contributed by atoms with Crippen molar-refractivity contribution in [2.45, 2.75) is 37.5 Å². The first kappa shape index (κ1) is 16.5. The maximum Gasteiger partial charge on any atom is 0.319 e. The molecule has 112 valence electrons.